The van der Waals surface area contributed by atoms with Crippen molar-refractivity contribution in [3.8, 4) is 0 Å². The Morgan fingerprint density at radius 3 is 2.43 bits per heavy atom. The molecular formula is C16H17NO3S. The van der Waals surface area contributed by atoms with Gasteiger partial charge in [-0.25, -0.2) is 8.42 Å². The van der Waals surface area contributed by atoms with E-state index >= 15 is 0 Å². The summed E-state index contributed by atoms with van der Waals surface area (Å²) in [5.41, 5.74) is 2.52. The molecule has 3 rings (SSSR count). The number of aliphatic hydroxyl groups excluding tert-OH is 1. The summed E-state index contributed by atoms with van der Waals surface area (Å²) < 4.78 is 26.9. The van der Waals surface area contributed by atoms with Gasteiger partial charge in [0.1, 0.15) is 0 Å². The Bertz CT molecular complexity index is 751. The quantitative estimate of drug-likeness (QED) is 0.948. The number of fused-ring (bicyclic) bond motifs is 1. The highest BCUT2D eigenvalue weighted by Crippen LogP contribution is 2.32. The second-order valence-corrected chi connectivity index (χ2v) is 7.06. The molecule has 0 radical (unpaired) electrons. The predicted molar refractivity (Wildman–Crippen MR) is 81.8 cm³/mol. The van der Waals surface area contributed by atoms with Crippen LogP contribution in [0.5, 0.6) is 0 Å². The van der Waals surface area contributed by atoms with Gasteiger partial charge in [-0.1, -0.05) is 30.3 Å². The van der Waals surface area contributed by atoms with Crippen LogP contribution < -0.4 is 4.31 Å². The van der Waals surface area contributed by atoms with Crippen LogP contribution >= 0.6 is 0 Å². The molecule has 4 nitrogen and oxygen atoms in total. The Morgan fingerprint density at radius 1 is 1.10 bits per heavy atom. The van der Waals surface area contributed by atoms with E-state index in [4.69, 9.17) is 0 Å². The average molecular weight is 303 g/mol. The van der Waals surface area contributed by atoms with Crippen molar-refractivity contribution in [1.29, 1.82) is 0 Å². The van der Waals surface area contributed by atoms with Crippen molar-refractivity contribution in [1.82, 2.24) is 0 Å². The van der Waals surface area contributed by atoms with E-state index < -0.39 is 16.1 Å². The lowest BCUT2D eigenvalue weighted by Crippen LogP contribution is -2.29. The van der Waals surface area contributed by atoms with E-state index in [-0.39, 0.29) is 4.90 Å². The molecule has 0 bridgehead atoms. The van der Waals surface area contributed by atoms with Crippen LogP contribution in [0.1, 0.15) is 24.2 Å². The molecule has 1 unspecified atom stereocenters. The van der Waals surface area contributed by atoms with Gasteiger partial charge < -0.3 is 5.11 Å². The number of aliphatic hydroxyl groups is 1. The number of benzene rings is 2. The lowest BCUT2D eigenvalue weighted by molar-refractivity contribution is 0.199. The van der Waals surface area contributed by atoms with Crippen LogP contribution in [-0.4, -0.2) is 20.1 Å². The largest absolute Gasteiger partial charge is 0.389 e. The van der Waals surface area contributed by atoms with E-state index in [1.807, 2.05) is 24.3 Å². The van der Waals surface area contributed by atoms with Crippen LogP contribution in [0.25, 0.3) is 0 Å². The van der Waals surface area contributed by atoms with E-state index in [0.29, 0.717) is 12.1 Å². The zero-order chi connectivity index (χ0) is 15.0. The number of nitrogens with zero attached hydrogens (tertiary/aromatic N) is 1. The summed E-state index contributed by atoms with van der Waals surface area (Å²) in [5, 5.41) is 9.50. The molecule has 2 aromatic carbocycles. The zero-order valence-electron chi connectivity index (χ0n) is 11.7. The smallest absolute Gasteiger partial charge is 0.264 e. The van der Waals surface area contributed by atoms with Gasteiger partial charge in [0.25, 0.3) is 10.0 Å². The standard InChI is InChI=1S/C16H17NO3S/c1-12(18)13-6-8-15(9-7-13)21(19,20)17-11-10-14-4-2-3-5-16(14)17/h2-9,12,18H,10-11H2,1H3. The summed E-state index contributed by atoms with van der Waals surface area (Å²) in [5.74, 6) is 0. The fourth-order valence-corrected chi connectivity index (χ4v) is 4.11. The van der Waals surface area contributed by atoms with Crippen molar-refractivity contribution in [3.63, 3.8) is 0 Å². The Kier molecular flexibility index (Phi) is 3.47. The number of para-hydroxylation sites is 1. The summed E-state index contributed by atoms with van der Waals surface area (Å²) in [6, 6.07) is 14.0. The van der Waals surface area contributed by atoms with Crippen LogP contribution in [0.15, 0.2) is 53.4 Å². The summed E-state index contributed by atoms with van der Waals surface area (Å²) in [7, 11) is -3.54. The van der Waals surface area contributed by atoms with Crippen LogP contribution in [0.3, 0.4) is 0 Å². The van der Waals surface area contributed by atoms with Crippen molar-refractivity contribution in [3.05, 3.63) is 59.7 Å². The van der Waals surface area contributed by atoms with Gasteiger partial charge in [-0.05, 0) is 42.7 Å². The van der Waals surface area contributed by atoms with Crippen molar-refractivity contribution < 1.29 is 13.5 Å². The van der Waals surface area contributed by atoms with E-state index in [9.17, 15) is 13.5 Å². The molecule has 1 N–H and O–H groups in total. The number of sulfonamides is 1. The van der Waals surface area contributed by atoms with Crippen LogP contribution in [-0.2, 0) is 16.4 Å². The van der Waals surface area contributed by atoms with Gasteiger partial charge in [0.2, 0.25) is 0 Å². The maximum atomic E-state index is 12.7. The third-order valence-corrected chi connectivity index (χ3v) is 5.62. The first kappa shape index (κ1) is 14.1. The third kappa shape index (κ3) is 2.43. The molecule has 2 aromatic rings. The first-order chi connectivity index (χ1) is 10.00. The van der Waals surface area contributed by atoms with Gasteiger partial charge in [0.05, 0.1) is 16.7 Å². The van der Waals surface area contributed by atoms with Gasteiger partial charge in [0.15, 0.2) is 0 Å². The van der Waals surface area contributed by atoms with Gasteiger partial charge in [-0.3, -0.25) is 4.31 Å². The Hall–Kier alpha value is -1.85. The van der Waals surface area contributed by atoms with Crippen LogP contribution in [0.2, 0.25) is 0 Å². The monoisotopic (exact) mass is 303 g/mol. The van der Waals surface area contributed by atoms with Crippen molar-refractivity contribution in [2.45, 2.75) is 24.3 Å². The molecule has 0 spiro atoms. The molecule has 0 aromatic heterocycles. The predicted octanol–water partition coefficient (Wildman–Crippen LogP) is 2.49. The number of rotatable bonds is 3. The van der Waals surface area contributed by atoms with Crippen molar-refractivity contribution in [2.75, 3.05) is 10.8 Å². The van der Waals surface area contributed by atoms with E-state index in [1.54, 1.807) is 31.2 Å². The minimum atomic E-state index is -3.54. The maximum Gasteiger partial charge on any atom is 0.264 e. The lowest BCUT2D eigenvalue weighted by Gasteiger charge is -2.19. The highest BCUT2D eigenvalue weighted by Gasteiger charge is 2.30. The third-order valence-electron chi connectivity index (χ3n) is 3.80. The van der Waals surface area contributed by atoms with E-state index in [2.05, 4.69) is 0 Å². The first-order valence-electron chi connectivity index (χ1n) is 6.89. The fraction of sp³-hybridized carbons (Fsp3) is 0.250. The molecule has 0 fully saturated rings. The van der Waals surface area contributed by atoms with Crippen molar-refractivity contribution >= 4 is 15.7 Å². The second-order valence-electron chi connectivity index (χ2n) is 5.20. The second kappa shape index (κ2) is 5.16. The molecule has 5 heteroatoms. The molecule has 0 saturated heterocycles. The minimum Gasteiger partial charge on any atom is -0.389 e. The van der Waals surface area contributed by atoms with Crippen LogP contribution in [0, 0.1) is 0 Å². The fourth-order valence-electron chi connectivity index (χ4n) is 2.60. The minimum absolute atomic E-state index is 0.253. The topological polar surface area (TPSA) is 57.6 Å². The molecule has 0 aliphatic carbocycles. The molecule has 1 atom stereocenters. The first-order valence-corrected chi connectivity index (χ1v) is 8.33. The lowest BCUT2D eigenvalue weighted by atomic mass is 10.1. The number of hydrogen-bond donors (Lipinski definition) is 1. The Balaban J connectivity index is 1.98. The van der Waals surface area contributed by atoms with E-state index in [0.717, 1.165) is 17.7 Å². The summed E-state index contributed by atoms with van der Waals surface area (Å²) >= 11 is 0. The molecule has 1 aliphatic heterocycles. The Morgan fingerprint density at radius 2 is 1.76 bits per heavy atom. The van der Waals surface area contributed by atoms with Crippen LogP contribution in [0.4, 0.5) is 5.69 Å². The van der Waals surface area contributed by atoms with Gasteiger partial charge in [-0.2, -0.15) is 0 Å². The average Bonchev–Trinajstić information content (AvgIpc) is 2.92. The molecule has 110 valence electrons. The van der Waals surface area contributed by atoms with Gasteiger partial charge in [-0.15, -0.1) is 0 Å². The van der Waals surface area contributed by atoms with Crippen molar-refractivity contribution in [2.24, 2.45) is 0 Å². The summed E-state index contributed by atoms with van der Waals surface area (Å²) in [6.45, 7) is 2.13. The molecule has 21 heavy (non-hydrogen) atoms. The van der Waals surface area contributed by atoms with Gasteiger partial charge >= 0.3 is 0 Å². The summed E-state index contributed by atoms with van der Waals surface area (Å²) in [6.07, 6.45) is 0.135. The molecule has 0 saturated carbocycles. The molecular weight excluding hydrogens is 286 g/mol. The Labute approximate surface area is 124 Å². The SMILES string of the molecule is CC(O)c1ccc(S(=O)(=O)N2CCc3ccccc32)cc1. The number of hydrogen-bond acceptors (Lipinski definition) is 3. The maximum absolute atomic E-state index is 12.7. The normalized spacial score (nSPS) is 15.8. The highest BCUT2D eigenvalue weighted by molar-refractivity contribution is 7.92. The molecule has 0 amide bonds. The summed E-state index contributed by atoms with van der Waals surface area (Å²) in [4.78, 5) is 0.253. The molecule has 1 aliphatic rings. The zero-order valence-corrected chi connectivity index (χ0v) is 12.5. The van der Waals surface area contributed by atoms with Gasteiger partial charge in [0, 0.05) is 6.54 Å². The number of anilines is 1. The highest BCUT2D eigenvalue weighted by atomic mass is 32.2. The van der Waals surface area contributed by atoms with E-state index in [1.165, 1.54) is 4.31 Å². The molecule has 1 heterocycles.